The molecule has 0 bridgehead atoms. The third-order valence-corrected chi connectivity index (χ3v) is 7.25. The third kappa shape index (κ3) is 10.6. The topological polar surface area (TPSA) is 127 Å². The Morgan fingerprint density at radius 2 is 1.33 bits per heavy atom. The van der Waals surface area contributed by atoms with Crippen molar-refractivity contribution in [3.05, 3.63) is 108 Å². The molecule has 8 heteroatoms. The Bertz CT molecular complexity index is 1530. The SMILES string of the molecule is CC(C)(C)[C@H](N)CO.CC(C)(C)[C@H]1COC(c2cccc(-c3ccccc3)n2)=N1.COC(=N)c1cccc(-c2ccccc2)n1. The number of aliphatic hydroxyl groups excluding tert-OH is 1. The molecule has 1 aliphatic rings. The van der Waals surface area contributed by atoms with Crippen molar-refractivity contribution < 1.29 is 14.6 Å². The van der Waals surface area contributed by atoms with Crippen molar-refractivity contribution in [1.82, 2.24) is 9.97 Å². The third-order valence-electron chi connectivity index (χ3n) is 7.25. The number of hydrogen-bond acceptors (Lipinski definition) is 8. The van der Waals surface area contributed by atoms with E-state index in [1.807, 2.05) is 99.6 Å². The molecule has 4 aromatic rings. The summed E-state index contributed by atoms with van der Waals surface area (Å²) >= 11 is 0. The van der Waals surface area contributed by atoms with Gasteiger partial charge in [-0.2, -0.15) is 0 Å². The van der Waals surface area contributed by atoms with Gasteiger partial charge >= 0.3 is 0 Å². The molecule has 0 saturated carbocycles. The van der Waals surface area contributed by atoms with Crippen molar-refractivity contribution in [2.75, 3.05) is 20.3 Å². The predicted octanol–water partition coefficient (Wildman–Crippen LogP) is 7.01. The van der Waals surface area contributed by atoms with Crippen LogP contribution in [-0.4, -0.2) is 59.3 Å². The number of nitrogens with one attached hydrogen (secondary N) is 1. The minimum atomic E-state index is -0.0949. The van der Waals surface area contributed by atoms with Crippen LogP contribution in [-0.2, 0) is 9.47 Å². The fourth-order valence-corrected chi connectivity index (χ4v) is 3.99. The van der Waals surface area contributed by atoms with Gasteiger partial charge in [-0.15, -0.1) is 0 Å². The molecular formula is C37H47N5O3. The molecule has 0 fully saturated rings. The van der Waals surface area contributed by atoms with Gasteiger partial charge in [0.2, 0.25) is 11.8 Å². The molecule has 0 amide bonds. The number of methoxy groups -OCH3 is 1. The van der Waals surface area contributed by atoms with Crippen LogP contribution in [0.5, 0.6) is 0 Å². The molecule has 4 N–H and O–H groups in total. The molecule has 0 saturated heterocycles. The second-order valence-corrected chi connectivity index (χ2v) is 12.9. The van der Waals surface area contributed by atoms with Crippen molar-refractivity contribution in [3.8, 4) is 22.5 Å². The first kappa shape index (κ1) is 35.1. The number of benzene rings is 2. The quantitative estimate of drug-likeness (QED) is 0.165. The summed E-state index contributed by atoms with van der Waals surface area (Å²) in [4.78, 5) is 13.7. The van der Waals surface area contributed by atoms with Crippen LogP contribution >= 0.6 is 0 Å². The number of pyridine rings is 2. The highest BCUT2D eigenvalue weighted by Crippen LogP contribution is 2.27. The highest BCUT2D eigenvalue weighted by Gasteiger charge is 2.31. The van der Waals surface area contributed by atoms with E-state index in [4.69, 9.17) is 30.7 Å². The normalized spacial score (nSPS) is 14.9. The van der Waals surface area contributed by atoms with Gasteiger partial charge in [-0.25, -0.2) is 15.0 Å². The maximum Gasteiger partial charge on any atom is 0.235 e. The molecule has 0 spiro atoms. The molecule has 2 atom stereocenters. The molecule has 3 heterocycles. The van der Waals surface area contributed by atoms with Crippen LogP contribution in [0.1, 0.15) is 52.9 Å². The first-order chi connectivity index (χ1) is 21.3. The molecule has 45 heavy (non-hydrogen) atoms. The van der Waals surface area contributed by atoms with Gasteiger partial charge in [-0.3, -0.25) is 5.41 Å². The molecule has 238 valence electrons. The van der Waals surface area contributed by atoms with Crippen LogP contribution < -0.4 is 5.73 Å². The maximum absolute atomic E-state index is 8.55. The summed E-state index contributed by atoms with van der Waals surface area (Å²) in [6, 6.07) is 31.6. The van der Waals surface area contributed by atoms with Crippen molar-refractivity contribution in [2.24, 2.45) is 21.6 Å². The number of aliphatic hydroxyl groups is 1. The molecule has 0 aliphatic carbocycles. The molecule has 0 radical (unpaired) electrons. The Balaban J connectivity index is 0.000000204. The van der Waals surface area contributed by atoms with Crippen molar-refractivity contribution >= 4 is 11.8 Å². The number of ether oxygens (including phenoxy) is 2. The molecule has 0 unspecified atom stereocenters. The summed E-state index contributed by atoms with van der Waals surface area (Å²) < 4.78 is 10.6. The number of rotatable bonds is 5. The van der Waals surface area contributed by atoms with Gasteiger partial charge in [0.05, 0.1) is 31.1 Å². The van der Waals surface area contributed by atoms with Crippen LogP contribution in [0.25, 0.3) is 22.5 Å². The summed E-state index contributed by atoms with van der Waals surface area (Å²) in [5.74, 6) is 0.741. The van der Waals surface area contributed by atoms with Gasteiger partial charge in [0.1, 0.15) is 18.0 Å². The molecule has 5 rings (SSSR count). The fourth-order valence-electron chi connectivity index (χ4n) is 3.99. The summed E-state index contributed by atoms with van der Waals surface area (Å²) in [5.41, 5.74) is 10.9. The van der Waals surface area contributed by atoms with E-state index in [2.05, 4.69) is 42.9 Å². The maximum atomic E-state index is 8.55. The number of aliphatic imine (C=N–C) groups is 1. The van der Waals surface area contributed by atoms with E-state index in [-0.39, 0.29) is 35.4 Å². The Hall–Kier alpha value is -4.40. The van der Waals surface area contributed by atoms with E-state index < -0.39 is 0 Å². The van der Waals surface area contributed by atoms with Gasteiger partial charge in [0, 0.05) is 17.2 Å². The smallest absolute Gasteiger partial charge is 0.235 e. The Kier molecular flexibility index (Phi) is 12.5. The van der Waals surface area contributed by atoms with Gasteiger partial charge < -0.3 is 20.3 Å². The Morgan fingerprint density at radius 1 is 0.822 bits per heavy atom. The summed E-state index contributed by atoms with van der Waals surface area (Å²) in [7, 11) is 1.47. The van der Waals surface area contributed by atoms with E-state index in [0.717, 1.165) is 28.2 Å². The monoisotopic (exact) mass is 609 g/mol. The van der Waals surface area contributed by atoms with Crippen molar-refractivity contribution in [1.29, 1.82) is 5.41 Å². The average Bonchev–Trinajstić information content (AvgIpc) is 3.57. The molecule has 2 aromatic heterocycles. The largest absolute Gasteiger partial charge is 0.480 e. The summed E-state index contributed by atoms with van der Waals surface area (Å²) in [6.45, 7) is 13.3. The van der Waals surface area contributed by atoms with E-state index in [9.17, 15) is 0 Å². The van der Waals surface area contributed by atoms with E-state index in [0.29, 0.717) is 18.2 Å². The van der Waals surface area contributed by atoms with E-state index in [1.165, 1.54) is 7.11 Å². The van der Waals surface area contributed by atoms with Gasteiger partial charge in [-0.05, 0) is 35.1 Å². The number of hydrogen-bond donors (Lipinski definition) is 3. The molecule has 1 aliphatic heterocycles. The van der Waals surface area contributed by atoms with E-state index >= 15 is 0 Å². The molecule has 2 aromatic carbocycles. The highest BCUT2D eigenvalue weighted by molar-refractivity contribution is 5.94. The van der Waals surface area contributed by atoms with Crippen LogP contribution in [0.2, 0.25) is 0 Å². The Morgan fingerprint density at radius 3 is 1.78 bits per heavy atom. The van der Waals surface area contributed by atoms with Crippen LogP contribution in [0.4, 0.5) is 0 Å². The van der Waals surface area contributed by atoms with Crippen molar-refractivity contribution in [2.45, 2.75) is 53.6 Å². The van der Waals surface area contributed by atoms with Gasteiger partial charge in [0.25, 0.3) is 0 Å². The van der Waals surface area contributed by atoms with E-state index in [1.54, 1.807) is 6.07 Å². The lowest BCUT2D eigenvalue weighted by molar-refractivity contribution is 0.189. The fraction of sp³-hybridized carbons (Fsp3) is 0.351. The zero-order valence-electron chi connectivity index (χ0n) is 27.5. The average molecular weight is 610 g/mol. The van der Waals surface area contributed by atoms with Gasteiger partial charge in [0.15, 0.2) is 0 Å². The molecular weight excluding hydrogens is 562 g/mol. The standard InChI is InChI=1S/C18H20N2O.C13H12N2O.C6H15NO/c1-18(2,3)16-12-21-17(20-16)15-11-7-10-14(19-15)13-8-5-4-6-9-13;1-16-13(14)12-9-5-8-11(15-12)10-6-3-2-4-7-10;1-6(2,3)5(7)4-8/h4-11,16H,12H2,1-3H3;2-9,14H,1H3;5,8H,4,7H2,1-3H3/t16-;;5-/m1.1/s1. The zero-order chi connectivity index (χ0) is 33.0. The lowest BCUT2D eigenvalue weighted by Crippen LogP contribution is -2.37. The first-order valence-corrected chi connectivity index (χ1v) is 15.1. The summed E-state index contributed by atoms with van der Waals surface area (Å²) in [5, 5.41) is 16.1. The molecule has 8 nitrogen and oxygen atoms in total. The second kappa shape index (κ2) is 16.1. The lowest BCUT2D eigenvalue weighted by Gasteiger charge is -2.24. The lowest BCUT2D eigenvalue weighted by atomic mass is 9.88. The summed E-state index contributed by atoms with van der Waals surface area (Å²) in [6.07, 6.45) is 0. The zero-order valence-corrected chi connectivity index (χ0v) is 27.5. The first-order valence-electron chi connectivity index (χ1n) is 15.1. The minimum absolute atomic E-state index is 0.0365. The predicted molar refractivity (Wildman–Crippen MR) is 183 cm³/mol. The Labute approximate surface area is 267 Å². The second-order valence-electron chi connectivity index (χ2n) is 12.9. The van der Waals surface area contributed by atoms with Crippen molar-refractivity contribution in [3.63, 3.8) is 0 Å². The van der Waals surface area contributed by atoms with Crippen LogP contribution in [0, 0.1) is 16.2 Å². The van der Waals surface area contributed by atoms with Crippen LogP contribution in [0.3, 0.4) is 0 Å². The highest BCUT2D eigenvalue weighted by atomic mass is 16.5. The number of aromatic nitrogens is 2. The van der Waals surface area contributed by atoms with Gasteiger partial charge in [-0.1, -0.05) is 114 Å². The number of nitrogens with two attached hydrogens (primary N) is 1. The van der Waals surface area contributed by atoms with Crippen LogP contribution in [0.15, 0.2) is 102 Å². The number of nitrogens with zero attached hydrogens (tertiary/aromatic N) is 3. The minimum Gasteiger partial charge on any atom is -0.480 e.